The number of nitrogens with two attached hydrogens (primary N) is 1. The van der Waals surface area contributed by atoms with Crippen LogP contribution in [0, 0.1) is 19.8 Å². The first kappa shape index (κ1) is 11.5. The van der Waals surface area contributed by atoms with E-state index in [0.29, 0.717) is 12.5 Å². The molecule has 1 rings (SSSR count). The number of rotatable bonds is 3. The summed E-state index contributed by atoms with van der Waals surface area (Å²) in [6, 6.07) is 0.237. The van der Waals surface area contributed by atoms with Crippen molar-refractivity contribution in [3.8, 4) is 0 Å². The van der Waals surface area contributed by atoms with Crippen molar-refractivity contribution in [3.63, 3.8) is 0 Å². The Kier molecular flexibility index (Phi) is 3.56. The summed E-state index contributed by atoms with van der Waals surface area (Å²) in [5.74, 6) is 0.467. The Morgan fingerprint density at radius 2 is 2.00 bits per heavy atom. The van der Waals surface area contributed by atoms with Gasteiger partial charge in [-0.1, -0.05) is 25.4 Å². The zero-order valence-electron chi connectivity index (χ0n) is 9.21. The molecule has 2 N–H and O–H groups in total. The average Bonchev–Trinajstić information content (AvgIpc) is 2.35. The van der Waals surface area contributed by atoms with Crippen molar-refractivity contribution in [2.75, 3.05) is 6.54 Å². The molecule has 0 saturated carbocycles. The van der Waals surface area contributed by atoms with E-state index in [-0.39, 0.29) is 6.04 Å². The van der Waals surface area contributed by atoms with E-state index >= 15 is 0 Å². The van der Waals surface area contributed by atoms with Crippen LogP contribution >= 0.6 is 11.6 Å². The molecule has 80 valence electrons. The molecule has 1 unspecified atom stereocenters. The number of nitrogens with zero attached hydrogens (tertiary/aromatic N) is 2. The minimum Gasteiger partial charge on any atom is -0.328 e. The standard InChI is InChI=1S/C10H18ClN3/c1-6(2)9(5-12)14-8(4)10(11)7(3)13-14/h6,9H,5,12H2,1-4H3. The van der Waals surface area contributed by atoms with Gasteiger partial charge in [0, 0.05) is 6.54 Å². The van der Waals surface area contributed by atoms with E-state index in [4.69, 9.17) is 17.3 Å². The molecule has 3 nitrogen and oxygen atoms in total. The van der Waals surface area contributed by atoms with E-state index in [1.54, 1.807) is 0 Å². The van der Waals surface area contributed by atoms with Crippen LogP contribution in [0.2, 0.25) is 5.02 Å². The summed E-state index contributed by atoms with van der Waals surface area (Å²) in [5, 5.41) is 5.16. The van der Waals surface area contributed by atoms with Gasteiger partial charge < -0.3 is 5.73 Å². The second kappa shape index (κ2) is 4.32. The second-order valence-corrected chi connectivity index (χ2v) is 4.35. The lowest BCUT2D eigenvalue weighted by Crippen LogP contribution is -2.25. The monoisotopic (exact) mass is 215 g/mol. The van der Waals surface area contributed by atoms with Crippen molar-refractivity contribution in [1.82, 2.24) is 9.78 Å². The summed E-state index contributed by atoms with van der Waals surface area (Å²) < 4.78 is 1.95. The van der Waals surface area contributed by atoms with Crippen molar-refractivity contribution in [2.24, 2.45) is 11.7 Å². The first-order valence-electron chi connectivity index (χ1n) is 4.90. The van der Waals surface area contributed by atoms with Crippen LogP contribution in [0.1, 0.15) is 31.3 Å². The number of halogens is 1. The van der Waals surface area contributed by atoms with Crippen LogP contribution in [0.3, 0.4) is 0 Å². The molecule has 0 aliphatic heterocycles. The minimum atomic E-state index is 0.237. The molecule has 1 aromatic rings. The van der Waals surface area contributed by atoms with E-state index in [1.165, 1.54) is 0 Å². The second-order valence-electron chi connectivity index (χ2n) is 3.98. The van der Waals surface area contributed by atoms with Gasteiger partial charge in [0.05, 0.1) is 22.5 Å². The van der Waals surface area contributed by atoms with Crippen LogP contribution in [0.25, 0.3) is 0 Å². The van der Waals surface area contributed by atoms with Crippen molar-refractivity contribution < 1.29 is 0 Å². The fourth-order valence-corrected chi connectivity index (χ4v) is 1.74. The molecule has 0 aliphatic carbocycles. The van der Waals surface area contributed by atoms with Gasteiger partial charge in [0.15, 0.2) is 0 Å². The number of hydrogen-bond donors (Lipinski definition) is 1. The van der Waals surface area contributed by atoms with Gasteiger partial charge >= 0.3 is 0 Å². The van der Waals surface area contributed by atoms with E-state index in [2.05, 4.69) is 18.9 Å². The summed E-state index contributed by atoms with van der Waals surface area (Å²) >= 11 is 6.08. The average molecular weight is 216 g/mol. The third kappa shape index (κ3) is 1.93. The third-order valence-corrected chi connectivity index (χ3v) is 3.11. The summed E-state index contributed by atoms with van der Waals surface area (Å²) in [6.45, 7) is 8.77. The maximum absolute atomic E-state index is 6.08. The number of aryl methyl sites for hydroxylation is 1. The first-order valence-corrected chi connectivity index (χ1v) is 5.28. The van der Waals surface area contributed by atoms with E-state index in [1.807, 2.05) is 18.5 Å². The van der Waals surface area contributed by atoms with Crippen molar-refractivity contribution in [1.29, 1.82) is 0 Å². The third-order valence-electron chi connectivity index (χ3n) is 2.56. The van der Waals surface area contributed by atoms with Gasteiger partial charge in [-0.15, -0.1) is 0 Å². The Balaban J connectivity index is 3.11. The van der Waals surface area contributed by atoms with Crippen molar-refractivity contribution in [2.45, 2.75) is 33.7 Å². The maximum atomic E-state index is 6.08. The van der Waals surface area contributed by atoms with Crippen LogP contribution in [-0.2, 0) is 0 Å². The van der Waals surface area contributed by atoms with Crippen molar-refractivity contribution in [3.05, 3.63) is 16.4 Å². The van der Waals surface area contributed by atoms with Gasteiger partial charge in [-0.05, 0) is 19.8 Å². The molecule has 0 aromatic carbocycles. The molecular formula is C10H18ClN3. The summed E-state index contributed by atoms with van der Waals surface area (Å²) in [7, 11) is 0. The molecule has 0 saturated heterocycles. The Hall–Kier alpha value is -0.540. The highest BCUT2D eigenvalue weighted by Gasteiger charge is 2.19. The predicted octanol–water partition coefficient (Wildman–Crippen LogP) is 2.31. The first-order chi connectivity index (χ1) is 6.49. The Morgan fingerprint density at radius 3 is 2.29 bits per heavy atom. The van der Waals surface area contributed by atoms with Crippen LogP contribution in [-0.4, -0.2) is 16.3 Å². The zero-order valence-corrected chi connectivity index (χ0v) is 9.97. The predicted molar refractivity (Wildman–Crippen MR) is 59.6 cm³/mol. The van der Waals surface area contributed by atoms with Gasteiger partial charge in [0.2, 0.25) is 0 Å². The fraction of sp³-hybridized carbons (Fsp3) is 0.700. The van der Waals surface area contributed by atoms with E-state index < -0.39 is 0 Å². The molecule has 1 heterocycles. The quantitative estimate of drug-likeness (QED) is 0.841. The van der Waals surface area contributed by atoms with E-state index in [0.717, 1.165) is 16.4 Å². The Labute approximate surface area is 90.2 Å². The SMILES string of the molecule is Cc1nn(C(CN)C(C)C)c(C)c1Cl. The zero-order chi connectivity index (χ0) is 10.9. The highest BCUT2D eigenvalue weighted by atomic mass is 35.5. The van der Waals surface area contributed by atoms with Crippen LogP contribution in [0.15, 0.2) is 0 Å². The van der Waals surface area contributed by atoms with Gasteiger partial charge in [0.1, 0.15) is 0 Å². The molecular weight excluding hydrogens is 198 g/mol. The molecule has 0 fully saturated rings. The number of hydrogen-bond acceptors (Lipinski definition) is 2. The maximum Gasteiger partial charge on any atom is 0.0844 e. The van der Waals surface area contributed by atoms with Crippen molar-refractivity contribution >= 4 is 11.6 Å². The summed E-state index contributed by atoms with van der Waals surface area (Å²) in [4.78, 5) is 0. The molecule has 1 aromatic heterocycles. The Morgan fingerprint density at radius 1 is 1.43 bits per heavy atom. The molecule has 0 aliphatic rings. The molecule has 0 amide bonds. The van der Waals surface area contributed by atoms with Crippen LogP contribution < -0.4 is 5.73 Å². The van der Waals surface area contributed by atoms with Gasteiger partial charge in [-0.2, -0.15) is 5.10 Å². The largest absolute Gasteiger partial charge is 0.328 e. The van der Waals surface area contributed by atoms with Gasteiger partial charge in [0.25, 0.3) is 0 Å². The summed E-state index contributed by atoms with van der Waals surface area (Å²) in [5.41, 5.74) is 7.62. The van der Waals surface area contributed by atoms with Gasteiger partial charge in [-0.25, -0.2) is 0 Å². The lowest BCUT2D eigenvalue weighted by molar-refractivity contribution is 0.348. The van der Waals surface area contributed by atoms with Crippen LogP contribution in [0.4, 0.5) is 0 Å². The number of aromatic nitrogens is 2. The molecule has 0 bridgehead atoms. The van der Waals surface area contributed by atoms with Gasteiger partial charge in [-0.3, -0.25) is 4.68 Å². The highest BCUT2D eigenvalue weighted by molar-refractivity contribution is 6.31. The lowest BCUT2D eigenvalue weighted by atomic mass is 10.1. The Bertz CT molecular complexity index is 317. The molecule has 14 heavy (non-hydrogen) atoms. The summed E-state index contributed by atoms with van der Waals surface area (Å²) in [6.07, 6.45) is 0. The molecule has 4 heteroatoms. The molecule has 0 radical (unpaired) electrons. The molecule has 0 spiro atoms. The molecule has 1 atom stereocenters. The normalized spacial score (nSPS) is 13.6. The topological polar surface area (TPSA) is 43.8 Å². The minimum absolute atomic E-state index is 0.237. The lowest BCUT2D eigenvalue weighted by Gasteiger charge is -2.20. The fourth-order valence-electron chi connectivity index (χ4n) is 1.62. The van der Waals surface area contributed by atoms with E-state index in [9.17, 15) is 0 Å². The highest BCUT2D eigenvalue weighted by Crippen LogP contribution is 2.25. The van der Waals surface area contributed by atoms with Crippen LogP contribution in [0.5, 0.6) is 0 Å². The smallest absolute Gasteiger partial charge is 0.0844 e.